The molecule has 1 fully saturated rings. The van der Waals surface area contributed by atoms with Crippen LogP contribution >= 0.6 is 22.9 Å². The van der Waals surface area contributed by atoms with Gasteiger partial charge in [-0.05, 0) is 55.3 Å². The predicted molar refractivity (Wildman–Crippen MR) is 156 cm³/mol. The zero-order valence-electron chi connectivity index (χ0n) is 21.5. The molecule has 1 aliphatic heterocycles. The van der Waals surface area contributed by atoms with Crippen LogP contribution in [0.5, 0.6) is 0 Å². The van der Waals surface area contributed by atoms with Crippen molar-refractivity contribution in [3.05, 3.63) is 117 Å². The summed E-state index contributed by atoms with van der Waals surface area (Å²) in [5.41, 5.74) is 5.61. The molecule has 0 bridgehead atoms. The molecule has 5 nitrogen and oxygen atoms in total. The van der Waals surface area contributed by atoms with Crippen molar-refractivity contribution in [3.8, 4) is 5.69 Å². The molecule has 6 rings (SSSR count). The predicted octanol–water partition coefficient (Wildman–Crippen LogP) is 6.90. The van der Waals surface area contributed by atoms with Crippen LogP contribution in [0, 0.1) is 13.8 Å². The Morgan fingerprint density at radius 3 is 2.21 bits per heavy atom. The Hall–Kier alpha value is -3.45. The molecule has 2 aromatic heterocycles. The van der Waals surface area contributed by atoms with Crippen LogP contribution in [0.2, 0.25) is 5.02 Å². The first-order chi connectivity index (χ1) is 18.5. The highest BCUT2D eigenvalue weighted by molar-refractivity contribution is 7.20. The second-order valence-electron chi connectivity index (χ2n) is 9.86. The molecule has 0 spiro atoms. The van der Waals surface area contributed by atoms with E-state index < -0.39 is 0 Å². The average molecular weight is 541 g/mol. The normalized spacial score (nSPS) is 15.2. The summed E-state index contributed by atoms with van der Waals surface area (Å²) in [7, 11) is 0. The fourth-order valence-electron chi connectivity index (χ4n) is 5.25. The second kappa shape index (κ2) is 10.4. The summed E-state index contributed by atoms with van der Waals surface area (Å²) in [6, 6.07) is 29.1. The van der Waals surface area contributed by atoms with E-state index in [1.54, 1.807) is 0 Å². The van der Waals surface area contributed by atoms with E-state index in [1.165, 1.54) is 28.0 Å². The number of hydrogen-bond acceptors (Lipinski definition) is 4. The lowest BCUT2D eigenvalue weighted by Crippen LogP contribution is -2.49. The van der Waals surface area contributed by atoms with Gasteiger partial charge in [0, 0.05) is 36.6 Å². The van der Waals surface area contributed by atoms with Crippen molar-refractivity contribution in [2.24, 2.45) is 0 Å². The van der Waals surface area contributed by atoms with Crippen molar-refractivity contribution >= 4 is 39.1 Å². The minimum Gasteiger partial charge on any atom is -0.335 e. The molecular formula is C31H29ClN4OS. The zero-order chi connectivity index (χ0) is 26.2. The van der Waals surface area contributed by atoms with Crippen molar-refractivity contribution in [2.75, 3.05) is 26.2 Å². The summed E-state index contributed by atoms with van der Waals surface area (Å²) < 4.78 is 1.96. The van der Waals surface area contributed by atoms with Crippen LogP contribution in [-0.4, -0.2) is 51.7 Å². The maximum Gasteiger partial charge on any atom is 0.264 e. The average Bonchev–Trinajstić information content (AvgIpc) is 3.51. The standard InChI is InChI=1S/C31H29ClN4OS/c1-21-8-14-26(15-9-21)36-31-27(22(2)33-36)20-28(38-31)30(37)35-18-16-34(17-19-35)29(23-6-4-3-5-7-23)24-10-12-25(32)13-11-24/h3-15,20,29H,16-19H2,1-2H3. The van der Waals surface area contributed by atoms with Crippen LogP contribution < -0.4 is 0 Å². The van der Waals surface area contributed by atoms with Gasteiger partial charge in [-0.2, -0.15) is 5.10 Å². The molecular weight excluding hydrogens is 512 g/mol. The fraction of sp³-hybridized carbons (Fsp3) is 0.226. The lowest BCUT2D eigenvalue weighted by Gasteiger charge is -2.39. The Balaban J connectivity index is 1.22. The largest absolute Gasteiger partial charge is 0.335 e. The molecule has 192 valence electrons. The van der Waals surface area contributed by atoms with E-state index in [1.807, 2.05) is 40.8 Å². The molecule has 0 saturated carbocycles. The first-order valence-electron chi connectivity index (χ1n) is 12.9. The molecule has 0 radical (unpaired) electrons. The zero-order valence-corrected chi connectivity index (χ0v) is 23.0. The molecule has 0 aliphatic carbocycles. The summed E-state index contributed by atoms with van der Waals surface area (Å²) in [6.07, 6.45) is 0. The SMILES string of the molecule is Cc1ccc(-n2nc(C)c3cc(C(=O)N4CCN(C(c5ccccc5)c5ccc(Cl)cc5)CC4)sc32)cc1. The first kappa shape index (κ1) is 24.9. The summed E-state index contributed by atoms with van der Waals surface area (Å²) >= 11 is 7.71. The molecule has 1 saturated heterocycles. The number of carbonyl (C=O) groups is 1. The van der Waals surface area contributed by atoms with Crippen molar-refractivity contribution < 1.29 is 4.79 Å². The number of thiophene rings is 1. The number of fused-ring (bicyclic) bond motifs is 1. The molecule has 0 N–H and O–H groups in total. The lowest BCUT2D eigenvalue weighted by atomic mass is 9.96. The van der Waals surface area contributed by atoms with Gasteiger partial charge in [-0.25, -0.2) is 4.68 Å². The van der Waals surface area contributed by atoms with Crippen LogP contribution in [0.4, 0.5) is 0 Å². The number of nitrogens with zero attached hydrogens (tertiary/aromatic N) is 4. The van der Waals surface area contributed by atoms with E-state index in [9.17, 15) is 4.79 Å². The van der Waals surface area contributed by atoms with Gasteiger partial charge in [-0.3, -0.25) is 9.69 Å². The highest BCUT2D eigenvalue weighted by Gasteiger charge is 2.29. The number of aryl methyl sites for hydroxylation is 2. The minimum absolute atomic E-state index is 0.100. The molecule has 38 heavy (non-hydrogen) atoms. The van der Waals surface area contributed by atoms with Crippen molar-refractivity contribution in [1.29, 1.82) is 0 Å². The van der Waals surface area contributed by atoms with E-state index in [2.05, 4.69) is 72.5 Å². The van der Waals surface area contributed by atoms with Gasteiger partial charge < -0.3 is 4.90 Å². The highest BCUT2D eigenvalue weighted by Crippen LogP contribution is 2.33. The highest BCUT2D eigenvalue weighted by atomic mass is 35.5. The molecule has 1 unspecified atom stereocenters. The Morgan fingerprint density at radius 1 is 0.868 bits per heavy atom. The second-order valence-corrected chi connectivity index (χ2v) is 11.3. The number of piperazine rings is 1. The molecule has 7 heteroatoms. The fourth-order valence-corrected chi connectivity index (χ4v) is 6.52. The van der Waals surface area contributed by atoms with Gasteiger partial charge >= 0.3 is 0 Å². The smallest absolute Gasteiger partial charge is 0.264 e. The molecule has 1 amide bonds. The summed E-state index contributed by atoms with van der Waals surface area (Å²) in [5, 5.41) is 6.52. The van der Waals surface area contributed by atoms with Gasteiger partial charge in [-0.15, -0.1) is 11.3 Å². The van der Waals surface area contributed by atoms with Crippen LogP contribution in [0.25, 0.3) is 15.9 Å². The third-order valence-corrected chi connectivity index (χ3v) is 8.65. The molecule has 1 aliphatic rings. The van der Waals surface area contributed by atoms with Crippen LogP contribution in [-0.2, 0) is 0 Å². The van der Waals surface area contributed by atoms with Crippen molar-refractivity contribution in [2.45, 2.75) is 19.9 Å². The quantitative estimate of drug-likeness (QED) is 0.243. The number of amides is 1. The van der Waals surface area contributed by atoms with E-state index in [-0.39, 0.29) is 11.9 Å². The van der Waals surface area contributed by atoms with Gasteiger partial charge in [-0.1, -0.05) is 71.8 Å². The third kappa shape index (κ3) is 4.75. The maximum absolute atomic E-state index is 13.6. The number of carbonyl (C=O) groups excluding carboxylic acids is 1. The number of rotatable bonds is 5. The summed E-state index contributed by atoms with van der Waals surface area (Å²) in [4.78, 5) is 19.8. The Labute approximate surface area is 231 Å². The third-order valence-electron chi connectivity index (χ3n) is 7.30. The van der Waals surface area contributed by atoms with Crippen molar-refractivity contribution in [1.82, 2.24) is 19.6 Å². The van der Waals surface area contributed by atoms with E-state index in [4.69, 9.17) is 16.7 Å². The summed E-state index contributed by atoms with van der Waals surface area (Å²) in [6.45, 7) is 7.06. The lowest BCUT2D eigenvalue weighted by molar-refractivity contribution is 0.0602. The Kier molecular flexibility index (Phi) is 6.78. The van der Waals surface area contributed by atoms with Gasteiger partial charge in [0.15, 0.2) is 0 Å². The molecule has 5 aromatic rings. The monoisotopic (exact) mass is 540 g/mol. The van der Waals surface area contributed by atoms with Crippen LogP contribution in [0.1, 0.15) is 38.1 Å². The molecule has 3 heterocycles. The minimum atomic E-state index is 0.100. The topological polar surface area (TPSA) is 41.4 Å². The van der Waals surface area contributed by atoms with Crippen LogP contribution in [0.3, 0.4) is 0 Å². The number of halogens is 1. The van der Waals surface area contributed by atoms with Crippen molar-refractivity contribution in [3.63, 3.8) is 0 Å². The van der Waals surface area contributed by atoms with Gasteiger partial charge in [0.25, 0.3) is 5.91 Å². The van der Waals surface area contributed by atoms with E-state index >= 15 is 0 Å². The number of hydrogen-bond donors (Lipinski definition) is 0. The van der Waals surface area contributed by atoms with Gasteiger partial charge in [0.2, 0.25) is 0 Å². The first-order valence-corrected chi connectivity index (χ1v) is 14.1. The number of benzene rings is 3. The summed E-state index contributed by atoms with van der Waals surface area (Å²) in [5.74, 6) is 0.100. The molecule has 3 aromatic carbocycles. The van der Waals surface area contributed by atoms with Crippen LogP contribution in [0.15, 0.2) is 84.9 Å². The van der Waals surface area contributed by atoms with E-state index in [0.717, 1.165) is 44.6 Å². The molecule has 1 atom stereocenters. The number of aromatic nitrogens is 2. The van der Waals surface area contributed by atoms with E-state index in [0.29, 0.717) is 13.1 Å². The maximum atomic E-state index is 13.6. The van der Waals surface area contributed by atoms with Gasteiger partial charge in [0.1, 0.15) is 4.83 Å². The van der Waals surface area contributed by atoms with Gasteiger partial charge in [0.05, 0.1) is 22.3 Å². The Bertz CT molecular complexity index is 1570. The Morgan fingerprint density at radius 2 is 1.53 bits per heavy atom.